The van der Waals surface area contributed by atoms with Gasteiger partial charge in [0.05, 0.1) is 12.5 Å². The van der Waals surface area contributed by atoms with Crippen molar-refractivity contribution in [2.75, 3.05) is 18.4 Å². The van der Waals surface area contributed by atoms with Crippen LogP contribution in [0.3, 0.4) is 0 Å². The van der Waals surface area contributed by atoms with E-state index in [0.717, 1.165) is 46.2 Å². The fourth-order valence-corrected chi connectivity index (χ4v) is 4.20. The van der Waals surface area contributed by atoms with Crippen LogP contribution in [-0.4, -0.2) is 34.0 Å². The van der Waals surface area contributed by atoms with Gasteiger partial charge in [-0.25, -0.2) is 0 Å². The van der Waals surface area contributed by atoms with Crippen LogP contribution in [0.25, 0.3) is 11.4 Å². The van der Waals surface area contributed by atoms with Crippen molar-refractivity contribution in [2.24, 2.45) is 5.92 Å². The molecule has 30 heavy (non-hydrogen) atoms. The van der Waals surface area contributed by atoms with E-state index in [4.69, 9.17) is 4.52 Å². The molecule has 0 saturated carbocycles. The number of carbonyl (C=O) groups is 1. The van der Waals surface area contributed by atoms with E-state index in [9.17, 15) is 4.79 Å². The van der Waals surface area contributed by atoms with Crippen LogP contribution in [0.2, 0.25) is 0 Å². The first-order valence-corrected chi connectivity index (χ1v) is 11.0. The topological polar surface area (TPSA) is 71.3 Å². The van der Waals surface area contributed by atoms with E-state index in [1.165, 1.54) is 0 Å². The molecule has 2 aromatic carbocycles. The van der Waals surface area contributed by atoms with E-state index in [2.05, 4.69) is 42.4 Å². The number of carbonyl (C=O) groups excluding carboxylic acids is 1. The lowest BCUT2D eigenvalue weighted by Gasteiger charge is -2.30. The highest BCUT2D eigenvalue weighted by atomic mass is 79.9. The van der Waals surface area contributed by atoms with Crippen molar-refractivity contribution in [2.45, 2.75) is 33.2 Å². The number of piperidine rings is 1. The standard InChI is InChI=1S/C23H25BrN4O2/c1-15-10-16(2)12-20(11-15)25-23(29)18-4-3-9-28(13-18)14-21-26-22(27-30-21)17-5-7-19(24)8-6-17/h5-8,10-12,18H,3-4,9,13-14H2,1-2H3,(H,25,29). The van der Waals surface area contributed by atoms with Crippen molar-refractivity contribution in [3.05, 3.63) is 64.0 Å². The van der Waals surface area contributed by atoms with Crippen LogP contribution in [0, 0.1) is 19.8 Å². The van der Waals surface area contributed by atoms with Crippen molar-refractivity contribution in [1.82, 2.24) is 15.0 Å². The third-order valence-electron chi connectivity index (χ3n) is 5.29. The highest BCUT2D eigenvalue weighted by molar-refractivity contribution is 9.10. The molecule has 7 heteroatoms. The lowest BCUT2D eigenvalue weighted by molar-refractivity contribution is -0.121. The number of nitrogens with zero attached hydrogens (tertiary/aromatic N) is 3. The van der Waals surface area contributed by atoms with Gasteiger partial charge in [0, 0.05) is 22.3 Å². The lowest BCUT2D eigenvalue weighted by Crippen LogP contribution is -2.40. The molecule has 156 valence electrons. The van der Waals surface area contributed by atoms with Gasteiger partial charge < -0.3 is 9.84 Å². The summed E-state index contributed by atoms with van der Waals surface area (Å²) in [5, 5.41) is 7.19. The fourth-order valence-electron chi connectivity index (χ4n) is 3.93. The summed E-state index contributed by atoms with van der Waals surface area (Å²) < 4.78 is 6.46. The summed E-state index contributed by atoms with van der Waals surface area (Å²) in [7, 11) is 0. The van der Waals surface area contributed by atoms with Crippen LogP contribution in [0.5, 0.6) is 0 Å². The van der Waals surface area contributed by atoms with E-state index in [-0.39, 0.29) is 11.8 Å². The summed E-state index contributed by atoms with van der Waals surface area (Å²) in [4.78, 5) is 19.6. The van der Waals surface area contributed by atoms with Crippen molar-refractivity contribution >= 4 is 27.5 Å². The Labute approximate surface area is 184 Å². The third-order valence-corrected chi connectivity index (χ3v) is 5.82. The molecule has 0 spiro atoms. The van der Waals surface area contributed by atoms with E-state index < -0.39 is 0 Å². The molecular formula is C23H25BrN4O2. The Hall–Kier alpha value is -2.51. The predicted molar refractivity (Wildman–Crippen MR) is 120 cm³/mol. The van der Waals surface area contributed by atoms with Crippen LogP contribution in [0.15, 0.2) is 51.5 Å². The zero-order valence-electron chi connectivity index (χ0n) is 17.2. The van der Waals surface area contributed by atoms with Crippen LogP contribution in [0.1, 0.15) is 29.9 Å². The summed E-state index contributed by atoms with van der Waals surface area (Å²) in [5.41, 5.74) is 4.07. The normalized spacial score (nSPS) is 17.1. The number of aryl methyl sites for hydroxylation is 2. The second-order valence-electron chi connectivity index (χ2n) is 7.96. The lowest BCUT2D eigenvalue weighted by atomic mass is 9.97. The molecule has 0 aliphatic carbocycles. The quantitative estimate of drug-likeness (QED) is 0.572. The van der Waals surface area contributed by atoms with Crippen LogP contribution in [-0.2, 0) is 11.3 Å². The SMILES string of the molecule is Cc1cc(C)cc(NC(=O)C2CCCN(Cc3nc(-c4ccc(Br)cc4)no3)C2)c1. The maximum atomic E-state index is 12.8. The van der Waals surface area contributed by atoms with Crippen molar-refractivity contribution in [3.63, 3.8) is 0 Å². The van der Waals surface area contributed by atoms with Gasteiger partial charge in [-0.05, 0) is 80.8 Å². The first kappa shape index (κ1) is 20.8. The van der Waals surface area contributed by atoms with Crippen molar-refractivity contribution in [3.8, 4) is 11.4 Å². The zero-order chi connectivity index (χ0) is 21.1. The number of likely N-dealkylation sites (tertiary alicyclic amines) is 1. The Morgan fingerprint density at radius 1 is 1.20 bits per heavy atom. The highest BCUT2D eigenvalue weighted by Crippen LogP contribution is 2.23. The Bertz CT molecular complexity index is 1010. The Kier molecular flexibility index (Phi) is 6.29. The minimum atomic E-state index is -0.0477. The number of hydrogen-bond donors (Lipinski definition) is 1. The maximum absolute atomic E-state index is 12.8. The minimum absolute atomic E-state index is 0.0477. The summed E-state index contributed by atoms with van der Waals surface area (Å²) in [5.74, 6) is 1.18. The van der Waals surface area contributed by atoms with Gasteiger partial charge in [-0.3, -0.25) is 9.69 Å². The Morgan fingerprint density at radius 2 is 1.93 bits per heavy atom. The largest absolute Gasteiger partial charge is 0.338 e. The molecule has 4 rings (SSSR count). The number of aromatic nitrogens is 2. The molecule has 1 aliphatic rings. The summed E-state index contributed by atoms with van der Waals surface area (Å²) in [6, 6.07) is 13.9. The molecule has 1 aliphatic heterocycles. The van der Waals surface area contributed by atoms with Crippen molar-refractivity contribution < 1.29 is 9.32 Å². The van der Waals surface area contributed by atoms with Crippen LogP contribution < -0.4 is 5.32 Å². The third kappa shape index (κ3) is 5.15. The van der Waals surface area contributed by atoms with E-state index in [0.29, 0.717) is 24.8 Å². The van der Waals surface area contributed by atoms with E-state index >= 15 is 0 Å². The molecule has 1 amide bonds. The first-order valence-electron chi connectivity index (χ1n) is 10.2. The number of nitrogens with one attached hydrogen (secondary N) is 1. The van der Waals surface area contributed by atoms with Gasteiger partial charge in [-0.15, -0.1) is 0 Å². The number of halogens is 1. The van der Waals surface area contributed by atoms with Crippen LogP contribution in [0.4, 0.5) is 5.69 Å². The minimum Gasteiger partial charge on any atom is -0.338 e. The summed E-state index contributed by atoms with van der Waals surface area (Å²) in [6.07, 6.45) is 1.86. The molecule has 1 saturated heterocycles. The van der Waals surface area contributed by atoms with Gasteiger partial charge in [0.25, 0.3) is 0 Å². The van der Waals surface area contributed by atoms with Gasteiger partial charge in [0.15, 0.2) is 0 Å². The second-order valence-corrected chi connectivity index (χ2v) is 8.87. The van der Waals surface area contributed by atoms with Gasteiger partial charge in [0.2, 0.25) is 17.6 Å². The van der Waals surface area contributed by atoms with Gasteiger partial charge in [-0.2, -0.15) is 4.98 Å². The molecule has 3 aromatic rings. The summed E-state index contributed by atoms with van der Waals surface area (Å²) in [6.45, 7) is 6.24. The van der Waals surface area contributed by atoms with Crippen molar-refractivity contribution in [1.29, 1.82) is 0 Å². The van der Waals surface area contributed by atoms with Gasteiger partial charge >= 0.3 is 0 Å². The average Bonchev–Trinajstić information content (AvgIpc) is 3.16. The number of anilines is 1. The molecule has 1 N–H and O–H groups in total. The Balaban J connectivity index is 1.37. The molecule has 1 aromatic heterocycles. The molecule has 2 heterocycles. The maximum Gasteiger partial charge on any atom is 0.241 e. The molecular weight excluding hydrogens is 444 g/mol. The summed E-state index contributed by atoms with van der Waals surface area (Å²) >= 11 is 3.43. The molecule has 1 unspecified atom stereocenters. The fraction of sp³-hybridized carbons (Fsp3) is 0.348. The molecule has 1 fully saturated rings. The average molecular weight is 469 g/mol. The number of benzene rings is 2. The van der Waals surface area contributed by atoms with Gasteiger partial charge in [0.1, 0.15) is 0 Å². The first-order chi connectivity index (χ1) is 14.5. The van der Waals surface area contributed by atoms with E-state index in [1.54, 1.807) is 0 Å². The molecule has 1 atom stereocenters. The highest BCUT2D eigenvalue weighted by Gasteiger charge is 2.27. The smallest absolute Gasteiger partial charge is 0.241 e. The van der Waals surface area contributed by atoms with E-state index in [1.807, 2.05) is 50.2 Å². The monoisotopic (exact) mass is 468 g/mol. The molecule has 6 nitrogen and oxygen atoms in total. The number of rotatable bonds is 5. The number of hydrogen-bond acceptors (Lipinski definition) is 5. The molecule has 0 radical (unpaired) electrons. The zero-order valence-corrected chi connectivity index (χ0v) is 18.8. The Morgan fingerprint density at radius 3 is 2.67 bits per heavy atom. The molecule has 0 bridgehead atoms. The number of amides is 1. The van der Waals surface area contributed by atoms with Gasteiger partial charge in [-0.1, -0.05) is 27.2 Å². The van der Waals surface area contributed by atoms with Crippen LogP contribution >= 0.6 is 15.9 Å². The predicted octanol–water partition coefficient (Wildman–Crippen LogP) is 4.97. The second kappa shape index (κ2) is 9.10.